The maximum Gasteiger partial charge on any atom is 0.0402 e. The molecule has 20 heavy (non-hydrogen) atoms. The number of benzene rings is 2. The summed E-state index contributed by atoms with van der Waals surface area (Å²) in [6.07, 6.45) is 2.22. The van der Waals surface area contributed by atoms with E-state index in [1.54, 1.807) is 0 Å². The largest absolute Gasteiger partial charge is 0.371 e. The van der Waals surface area contributed by atoms with Crippen LogP contribution in [0.2, 0.25) is 0 Å². The lowest BCUT2D eigenvalue weighted by molar-refractivity contribution is 0.602. The molecule has 1 aliphatic heterocycles. The predicted octanol–water partition coefficient (Wildman–Crippen LogP) is 3.06. The molecule has 1 fully saturated rings. The van der Waals surface area contributed by atoms with Crippen LogP contribution in [-0.2, 0) is 6.42 Å². The topological polar surface area (TPSA) is 29.3 Å². The van der Waals surface area contributed by atoms with Crippen molar-refractivity contribution in [1.82, 2.24) is 0 Å². The van der Waals surface area contributed by atoms with Gasteiger partial charge in [-0.3, -0.25) is 0 Å². The van der Waals surface area contributed by atoms with Crippen LogP contribution in [0.25, 0.3) is 0 Å². The molecule has 1 saturated heterocycles. The Morgan fingerprint density at radius 2 is 1.75 bits per heavy atom. The van der Waals surface area contributed by atoms with Gasteiger partial charge in [-0.1, -0.05) is 48.5 Å². The monoisotopic (exact) mass is 266 g/mol. The highest BCUT2D eigenvalue weighted by molar-refractivity contribution is 5.55. The van der Waals surface area contributed by atoms with E-state index in [1.807, 2.05) is 0 Å². The Kier molecular flexibility index (Phi) is 4.03. The minimum absolute atomic E-state index is 0.653. The average Bonchev–Trinajstić information content (AvgIpc) is 2.98. The third-order valence-electron chi connectivity index (χ3n) is 4.19. The third kappa shape index (κ3) is 2.86. The number of para-hydroxylation sites is 1. The van der Waals surface area contributed by atoms with E-state index in [4.69, 9.17) is 5.73 Å². The van der Waals surface area contributed by atoms with Crippen molar-refractivity contribution in [3.63, 3.8) is 0 Å². The molecule has 0 amide bonds. The minimum Gasteiger partial charge on any atom is -0.371 e. The van der Waals surface area contributed by atoms with Crippen molar-refractivity contribution >= 4 is 5.69 Å². The molecule has 104 valence electrons. The standard InChI is InChI=1S/C18H22N2/c19-13-16-10-11-20(14-16)18-9-5-4-8-17(18)12-15-6-2-1-3-7-15/h1-9,16H,10-14,19H2. The second-order valence-electron chi connectivity index (χ2n) is 5.63. The van der Waals surface area contributed by atoms with Crippen molar-refractivity contribution in [3.8, 4) is 0 Å². The summed E-state index contributed by atoms with van der Waals surface area (Å²) in [5.41, 5.74) is 9.97. The Morgan fingerprint density at radius 1 is 1.00 bits per heavy atom. The van der Waals surface area contributed by atoms with Gasteiger partial charge in [-0.15, -0.1) is 0 Å². The van der Waals surface area contributed by atoms with Crippen LogP contribution in [0.1, 0.15) is 17.5 Å². The number of rotatable bonds is 4. The van der Waals surface area contributed by atoms with Crippen LogP contribution >= 0.6 is 0 Å². The fourth-order valence-electron chi connectivity index (χ4n) is 3.03. The maximum atomic E-state index is 5.81. The molecule has 1 heterocycles. The van der Waals surface area contributed by atoms with Gasteiger partial charge in [0, 0.05) is 18.8 Å². The van der Waals surface area contributed by atoms with Crippen LogP contribution in [0.5, 0.6) is 0 Å². The Balaban J connectivity index is 1.82. The van der Waals surface area contributed by atoms with Crippen LogP contribution < -0.4 is 10.6 Å². The summed E-state index contributed by atoms with van der Waals surface area (Å²) in [5, 5.41) is 0. The fraction of sp³-hybridized carbons (Fsp3) is 0.333. The van der Waals surface area contributed by atoms with Crippen LogP contribution in [0, 0.1) is 5.92 Å². The highest BCUT2D eigenvalue weighted by atomic mass is 15.2. The highest BCUT2D eigenvalue weighted by Crippen LogP contribution is 2.28. The molecule has 0 radical (unpaired) electrons. The van der Waals surface area contributed by atoms with Gasteiger partial charge in [0.2, 0.25) is 0 Å². The van der Waals surface area contributed by atoms with Gasteiger partial charge in [0.1, 0.15) is 0 Å². The zero-order chi connectivity index (χ0) is 13.8. The molecule has 2 aromatic carbocycles. The first-order valence-electron chi connectivity index (χ1n) is 7.43. The van der Waals surface area contributed by atoms with Crippen molar-refractivity contribution in [1.29, 1.82) is 0 Å². The van der Waals surface area contributed by atoms with E-state index in [2.05, 4.69) is 59.5 Å². The molecular formula is C18H22N2. The summed E-state index contributed by atoms with van der Waals surface area (Å²) in [6, 6.07) is 19.5. The molecule has 0 spiro atoms. The maximum absolute atomic E-state index is 5.81. The van der Waals surface area contributed by atoms with E-state index in [0.29, 0.717) is 5.92 Å². The van der Waals surface area contributed by atoms with Gasteiger partial charge in [0.15, 0.2) is 0 Å². The van der Waals surface area contributed by atoms with Crippen LogP contribution in [0.4, 0.5) is 5.69 Å². The molecule has 2 heteroatoms. The van der Waals surface area contributed by atoms with E-state index in [9.17, 15) is 0 Å². The second kappa shape index (κ2) is 6.10. The third-order valence-corrected chi connectivity index (χ3v) is 4.19. The predicted molar refractivity (Wildman–Crippen MR) is 85.1 cm³/mol. The molecular weight excluding hydrogens is 244 g/mol. The van der Waals surface area contributed by atoms with E-state index in [0.717, 1.165) is 26.1 Å². The van der Waals surface area contributed by atoms with E-state index >= 15 is 0 Å². The SMILES string of the molecule is NCC1CCN(c2ccccc2Cc2ccccc2)C1. The van der Waals surface area contributed by atoms with Gasteiger partial charge in [0.05, 0.1) is 0 Å². The first kappa shape index (κ1) is 13.2. The van der Waals surface area contributed by atoms with Gasteiger partial charge in [-0.25, -0.2) is 0 Å². The lowest BCUT2D eigenvalue weighted by Gasteiger charge is -2.22. The lowest BCUT2D eigenvalue weighted by atomic mass is 10.0. The van der Waals surface area contributed by atoms with Crippen molar-refractivity contribution in [2.45, 2.75) is 12.8 Å². The second-order valence-corrected chi connectivity index (χ2v) is 5.63. The number of hydrogen-bond donors (Lipinski definition) is 1. The molecule has 0 aromatic heterocycles. The molecule has 0 saturated carbocycles. The summed E-state index contributed by atoms with van der Waals surface area (Å²) < 4.78 is 0. The van der Waals surface area contributed by atoms with Gasteiger partial charge in [0.25, 0.3) is 0 Å². The van der Waals surface area contributed by atoms with E-state index in [1.165, 1.54) is 23.2 Å². The molecule has 2 nitrogen and oxygen atoms in total. The minimum atomic E-state index is 0.653. The lowest BCUT2D eigenvalue weighted by Crippen LogP contribution is -2.23. The molecule has 2 aromatic rings. The Morgan fingerprint density at radius 3 is 2.50 bits per heavy atom. The van der Waals surface area contributed by atoms with Crippen LogP contribution in [0.15, 0.2) is 54.6 Å². The number of anilines is 1. The average molecular weight is 266 g/mol. The molecule has 1 aliphatic rings. The van der Waals surface area contributed by atoms with Crippen molar-refractivity contribution < 1.29 is 0 Å². The van der Waals surface area contributed by atoms with Gasteiger partial charge >= 0.3 is 0 Å². The van der Waals surface area contributed by atoms with Gasteiger partial charge in [-0.05, 0) is 42.5 Å². The quantitative estimate of drug-likeness (QED) is 0.921. The summed E-state index contributed by atoms with van der Waals surface area (Å²) >= 11 is 0. The highest BCUT2D eigenvalue weighted by Gasteiger charge is 2.22. The molecule has 2 N–H and O–H groups in total. The number of nitrogens with two attached hydrogens (primary N) is 1. The Bertz CT molecular complexity index is 550. The first-order valence-corrected chi connectivity index (χ1v) is 7.43. The molecule has 3 rings (SSSR count). The van der Waals surface area contributed by atoms with Crippen LogP contribution in [0.3, 0.4) is 0 Å². The summed E-state index contributed by atoms with van der Waals surface area (Å²) in [7, 11) is 0. The van der Waals surface area contributed by atoms with E-state index in [-0.39, 0.29) is 0 Å². The number of hydrogen-bond acceptors (Lipinski definition) is 2. The van der Waals surface area contributed by atoms with Crippen molar-refractivity contribution in [2.24, 2.45) is 11.7 Å². The fourth-order valence-corrected chi connectivity index (χ4v) is 3.03. The molecule has 1 unspecified atom stereocenters. The Labute approximate surface area is 121 Å². The summed E-state index contributed by atoms with van der Waals surface area (Å²) in [6.45, 7) is 3.04. The van der Waals surface area contributed by atoms with Crippen LogP contribution in [-0.4, -0.2) is 19.6 Å². The van der Waals surface area contributed by atoms with Crippen molar-refractivity contribution in [3.05, 3.63) is 65.7 Å². The normalized spacial score (nSPS) is 18.4. The smallest absolute Gasteiger partial charge is 0.0402 e. The van der Waals surface area contributed by atoms with E-state index < -0.39 is 0 Å². The molecule has 0 bridgehead atoms. The summed E-state index contributed by atoms with van der Waals surface area (Å²) in [5.74, 6) is 0.653. The molecule has 0 aliphatic carbocycles. The summed E-state index contributed by atoms with van der Waals surface area (Å²) in [4.78, 5) is 2.50. The van der Waals surface area contributed by atoms with Crippen molar-refractivity contribution in [2.75, 3.05) is 24.5 Å². The zero-order valence-electron chi connectivity index (χ0n) is 11.8. The van der Waals surface area contributed by atoms with Gasteiger partial charge in [-0.2, -0.15) is 0 Å². The molecule has 1 atom stereocenters. The number of nitrogens with zero attached hydrogens (tertiary/aromatic N) is 1. The zero-order valence-corrected chi connectivity index (χ0v) is 11.8. The first-order chi connectivity index (χ1) is 9.86. The Hall–Kier alpha value is -1.80. The van der Waals surface area contributed by atoms with Gasteiger partial charge < -0.3 is 10.6 Å².